The number of carbonyl (C=O) groups excluding carboxylic acids is 1. The van der Waals surface area contributed by atoms with Crippen LogP contribution in [-0.4, -0.2) is 42.1 Å². The molecule has 1 aromatic rings. The zero-order valence-electron chi connectivity index (χ0n) is 15.1. The van der Waals surface area contributed by atoms with Crippen LogP contribution in [0.3, 0.4) is 0 Å². The topological polar surface area (TPSA) is 70.2 Å². The fourth-order valence-corrected chi connectivity index (χ4v) is 3.01. The largest absolute Gasteiger partial charge is 0.370 e. The van der Waals surface area contributed by atoms with Crippen molar-refractivity contribution in [2.45, 2.75) is 52.4 Å². The molecule has 0 saturated carbocycles. The van der Waals surface area contributed by atoms with E-state index in [1.165, 1.54) is 0 Å². The summed E-state index contributed by atoms with van der Waals surface area (Å²) in [5.41, 5.74) is 0. The van der Waals surface area contributed by atoms with E-state index in [2.05, 4.69) is 39.3 Å². The van der Waals surface area contributed by atoms with Crippen LogP contribution in [0.5, 0.6) is 0 Å². The third-order valence-electron chi connectivity index (χ3n) is 4.50. The van der Waals surface area contributed by atoms with Crippen LogP contribution >= 0.6 is 0 Å². The lowest BCUT2D eigenvalue weighted by Gasteiger charge is -2.32. The molecule has 0 aliphatic carbocycles. The fraction of sp³-hybridized carbons (Fsp3) is 0.722. The lowest BCUT2D eigenvalue weighted by Crippen LogP contribution is -2.35. The summed E-state index contributed by atoms with van der Waals surface area (Å²) >= 11 is 0. The van der Waals surface area contributed by atoms with Gasteiger partial charge in [-0.1, -0.05) is 13.8 Å². The molecule has 2 rings (SSSR count). The highest BCUT2D eigenvalue weighted by molar-refractivity contribution is 5.75. The van der Waals surface area contributed by atoms with Crippen LogP contribution in [0, 0.1) is 5.92 Å². The molecule has 0 spiro atoms. The number of aromatic nitrogens is 2. The van der Waals surface area contributed by atoms with E-state index >= 15 is 0 Å². The summed E-state index contributed by atoms with van der Waals surface area (Å²) in [4.78, 5) is 22.7. The van der Waals surface area contributed by atoms with Crippen LogP contribution in [0.4, 0.5) is 11.6 Å². The van der Waals surface area contributed by atoms with Gasteiger partial charge in [-0.25, -0.2) is 9.97 Å². The van der Waals surface area contributed by atoms with Crippen LogP contribution < -0.4 is 15.5 Å². The Morgan fingerprint density at radius 3 is 2.67 bits per heavy atom. The molecular weight excluding hydrogens is 302 g/mol. The molecule has 0 radical (unpaired) electrons. The van der Waals surface area contributed by atoms with E-state index in [4.69, 9.17) is 0 Å². The molecule has 0 aromatic carbocycles. The van der Waals surface area contributed by atoms with Crippen LogP contribution in [-0.2, 0) is 4.79 Å². The molecule has 24 heavy (non-hydrogen) atoms. The van der Waals surface area contributed by atoms with E-state index in [9.17, 15) is 4.79 Å². The number of amides is 1. The first kappa shape index (κ1) is 18.5. The molecule has 134 valence electrons. The molecule has 1 fully saturated rings. The Kier molecular flexibility index (Phi) is 7.79. The second-order valence-electron chi connectivity index (χ2n) is 6.51. The minimum atomic E-state index is 0.196. The van der Waals surface area contributed by atoms with Crippen LogP contribution in [0.25, 0.3) is 0 Å². The van der Waals surface area contributed by atoms with Crippen LogP contribution in [0.15, 0.2) is 12.4 Å². The normalized spacial score (nSPS) is 15.3. The molecule has 0 atom stereocenters. The molecule has 6 heteroatoms. The summed E-state index contributed by atoms with van der Waals surface area (Å²) in [5, 5.41) is 6.27. The molecule has 1 saturated heterocycles. The second-order valence-corrected chi connectivity index (χ2v) is 6.51. The summed E-state index contributed by atoms with van der Waals surface area (Å²) in [6.45, 7) is 7.95. The SMILES string of the molecule is CCCNC(=O)CCC1CCN(c2cc(NCCC)ncn2)CC1. The van der Waals surface area contributed by atoms with Crippen LogP contribution in [0.1, 0.15) is 52.4 Å². The molecule has 0 bridgehead atoms. The Morgan fingerprint density at radius 1 is 1.21 bits per heavy atom. The van der Waals surface area contributed by atoms with Gasteiger partial charge >= 0.3 is 0 Å². The average Bonchev–Trinajstić information content (AvgIpc) is 2.63. The smallest absolute Gasteiger partial charge is 0.220 e. The summed E-state index contributed by atoms with van der Waals surface area (Å²) in [6, 6.07) is 2.04. The van der Waals surface area contributed by atoms with Gasteiger partial charge in [0.2, 0.25) is 5.91 Å². The molecule has 0 unspecified atom stereocenters. The van der Waals surface area contributed by atoms with Gasteiger partial charge in [0.05, 0.1) is 0 Å². The number of carbonyl (C=O) groups is 1. The van der Waals surface area contributed by atoms with Gasteiger partial charge in [-0.2, -0.15) is 0 Å². The van der Waals surface area contributed by atoms with Crippen molar-refractivity contribution in [3.63, 3.8) is 0 Å². The second kappa shape index (κ2) is 10.1. The number of nitrogens with one attached hydrogen (secondary N) is 2. The summed E-state index contributed by atoms with van der Waals surface area (Å²) in [7, 11) is 0. The zero-order valence-corrected chi connectivity index (χ0v) is 15.1. The number of hydrogen-bond acceptors (Lipinski definition) is 5. The van der Waals surface area contributed by atoms with E-state index in [-0.39, 0.29) is 5.91 Å². The highest BCUT2D eigenvalue weighted by atomic mass is 16.1. The Morgan fingerprint density at radius 2 is 1.96 bits per heavy atom. The minimum Gasteiger partial charge on any atom is -0.370 e. The first-order chi connectivity index (χ1) is 11.7. The van der Waals surface area contributed by atoms with Gasteiger partial charge in [0.25, 0.3) is 0 Å². The van der Waals surface area contributed by atoms with Crippen molar-refractivity contribution in [3.05, 3.63) is 12.4 Å². The van der Waals surface area contributed by atoms with Crippen molar-refractivity contribution in [3.8, 4) is 0 Å². The fourth-order valence-electron chi connectivity index (χ4n) is 3.01. The van der Waals surface area contributed by atoms with Gasteiger partial charge in [0.1, 0.15) is 18.0 Å². The predicted octanol–water partition coefficient (Wildman–Crippen LogP) is 2.82. The van der Waals surface area contributed by atoms with Crippen molar-refractivity contribution >= 4 is 17.5 Å². The van der Waals surface area contributed by atoms with E-state index in [1.807, 2.05) is 6.07 Å². The van der Waals surface area contributed by atoms with E-state index in [0.29, 0.717) is 12.3 Å². The van der Waals surface area contributed by atoms with Gasteiger partial charge in [-0.3, -0.25) is 4.79 Å². The summed E-state index contributed by atoms with van der Waals surface area (Å²) in [5.74, 6) is 2.74. The van der Waals surface area contributed by atoms with E-state index < -0.39 is 0 Å². The number of nitrogens with zero attached hydrogens (tertiary/aromatic N) is 3. The van der Waals surface area contributed by atoms with Crippen molar-refractivity contribution < 1.29 is 4.79 Å². The van der Waals surface area contributed by atoms with E-state index in [0.717, 1.165) is 69.9 Å². The molecule has 1 aromatic heterocycles. The van der Waals surface area contributed by atoms with Crippen molar-refractivity contribution in [2.24, 2.45) is 5.92 Å². The first-order valence-corrected chi connectivity index (χ1v) is 9.30. The molecule has 1 aliphatic heterocycles. The van der Waals surface area contributed by atoms with E-state index in [1.54, 1.807) is 6.33 Å². The van der Waals surface area contributed by atoms with Crippen molar-refractivity contribution in [1.29, 1.82) is 0 Å². The maximum Gasteiger partial charge on any atom is 0.220 e. The number of piperidine rings is 1. The maximum absolute atomic E-state index is 11.7. The van der Waals surface area contributed by atoms with Gasteiger partial charge in [-0.05, 0) is 38.0 Å². The Hall–Kier alpha value is -1.85. The van der Waals surface area contributed by atoms with Gasteiger partial charge in [0, 0.05) is 38.7 Å². The maximum atomic E-state index is 11.7. The zero-order chi connectivity index (χ0) is 17.2. The molecule has 6 nitrogen and oxygen atoms in total. The molecule has 2 N–H and O–H groups in total. The highest BCUT2D eigenvalue weighted by Crippen LogP contribution is 2.25. The third-order valence-corrected chi connectivity index (χ3v) is 4.50. The first-order valence-electron chi connectivity index (χ1n) is 9.30. The summed E-state index contributed by atoms with van der Waals surface area (Å²) < 4.78 is 0. The number of hydrogen-bond donors (Lipinski definition) is 2. The highest BCUT2D eigenvalue weighted by Gasteiger charge is 2.21. The summed E-state index contributed by atoms with van der Waals surface area (Å²) in [6.07, 6.45) is 7.62. The number of rotatable bonds is 9. The lowest BCUT2D eigenvalue weighted by molar-refractivity contribution is -0.121. The van der Waals surface area contributed by atoms with Crippen molar-refractivity contribution in [1.82, 2.24) is 15.3 Å². The quantitative estimate of drug-likeness (QED) is 0.727. The minimum absolute atomic E-state index is 0.196. The van der Waals surface area contributed by atoms with Crippen LogP contribution in [0.2, 0.25) is 0 Å². The molecular formula is C18H31N5O. The Bertz CT molecular complexity index is 500. The molecule has 2 heterocycles. The Balaban J connectivity index is 1.75. The van der Waals surface area contributed by atoms with Gasteiger partial charge < -0.3 is 15.5 Å². The average molecular weight is 333 g/mol. The lowest BCUT2D eigenvalue weighted by atomic mass is 9.92. The standard InChI is InChI=1S/C18H31N5O/c1-3-9-19-16-13-17(22-14-21-16)23-11-7-15(8-12-23)5-6-18(24)20-10-4-2/h13-15H,3-12H2,1-2H3,(H,20,24)(H,19,21,22). The molecule has 1 aliphatic rings. The van der Waals surface area contributed by atoms with Gasteiger partial charge in [-0.15, -0.1) is 0 Å². The van der Waals surface area contributed by atoms with Crippen molar-refractivity contribution in [2.75, 3.05) is 36.4 Å². The monoisotopic (exact) mass is 333 g/mol. The third kappa shape index (κ3) is 5.98. The predicted molar refractivity (Wildman–Crippen MR) is 98.3 cm³/mol. The number of anilines is 2. The molecule has 1 amide bonds. The Labute approximate surface area is 145 Å². The van der Waals surface area contributed by atoms with Gasteiger partial charge in [0.15, 0.2) is 0 Å².